The minimum absolute atomic E-state index is 0.0551. The Bertz CT molecular complexity index is 524. The van der Waals surface area contributed by atoms with Crippen LogP contribution >= 0.6 is 11.6 Å². The lowest BCUT2D eigenvalue weighted by Crippen LogP contribution is -2.14. The molecule has 82 valence electrons. The summed E-state index contributed by atoms with van der Waals surface area (Å²) in [5.74, 6) is -0.381. The first-order valence-electron chi connectivity index (χ1n) is 4.40. The van der Waals surface area contributed by atoms with Crippen LogP contribution in [-0.4, -0.2) is 21.3 Å². The van der Waals surface area contributed by atoms with E-state index in [0.29, 0.717) is 10.7 Å². The van der Waals surface area contributed by atoms with Gasteiger partial charge in [0.05, 0.1) is 0 Å². The molecule has 6 nitrogen and oxygen atoms in total. The van der Waals surface area contributed by atoms with Crippen LogP contribution in [0.3, 0.4) is 0 Å². The number of H-pyrrole nitrogens is 1. The van der Waals surface area contributed by atoms with Crippen molar-refractivity contribution >= 4 is 29.0 Å². The van der Waals surface area contributed by atoms with E-state index < -0.39 is 5.91 Å². The summed E-state index contributed by atoms with van der Waals surface area (Å²) in [7, 11) is 0. The lowest BCUT2D eigenvalue weighted by Gasteiger charge is -2.03. The van der Waals surface area contributed by atoms with Gasteiger partial charge in [-0.1, -0.05) is 17.7 Å². The highest BCUT2D eigenvalue weighted by atomic mass is 35.5. The fraction of sp³-hybridized carbons (Fsp3) is 0. The molecule has 0 unspecified atom stereocenters. The molecule has 0 bridgehead atoms. The topological polar surface area (TPSA) is 96.7 Å². The molecule has 0 saturated carbocycles. The standard InChI is InChI=1S/C9H8ClN5O/c10-5-2-1-3-6(4-5)12-9(16)7-8(11)14-15-13-7/h1-4H,(H,12,16)(H3,11,13,14,15). The number of hydrogen-bond donors (Lipinski definition) is 3. The zero-order valence-electron chi connectivity index (χ0n) is 8.07. The summed E-state index contributed by atoms with van der Waals surface area (Å²) >= 11 is 5.77. The molecule has 1 amide bonds. The molecule has 1 aromatic heterocycles. The number of carbonyl (C=O) groups is 1. The van der Waals surface area contributed by atoms with E-state index in [0.717, 1.165) is 0 Å². The Labute approximate surface area is 95.8 Å². The summed E-state index contributed by atoms with van der Waals surface area (Å²) in [6, 6.07) is 6.77. The second-order valence-electron chi connectivity index (χ2n) is 3.02. The van der Waals surface area contributed by atoms with Gasteiger partial charge in [0.15, 0.2) is 11.5 Å². The molecule has 0 aliphatic carbocycles. The van der Waals surface area contributed by atoms with E-state index in [1.54, 1.807) is 24.3 Å². The van der Waals surface area contributed by atoms with Crippen LogP contribution in [0.25, 0.3) is 0 Å². The van der Waals surface area contributed by atoms with Gasteiger partial charge in [0, 0.05) is 10.7 Å². The van der Waals surface area contributed by atoms with E-state index in [1.807, 2.05) is 0 Å². The number of aromatic nitrogens is 3. The highest BCUT2D eigenvalue weighted by Crippen LogP contribution is 2.16. The highest BCUT2D eigenvalue weighted by molar-refractivity contribution is 6.30. The molecule has 1 heterocycles. The minimum atomic E-state index is -0.437. The van der Waals surface area contributed by atoms with Crippen LogP contribution in [0.15, 0.2) is 24.3 Å². The van der Waals surface area contributed by atoms with Gasteiger partial charge < -0.3 is 11.1 Å². The maximum absolute atomic E-state index is 11.7. The zero-order valence-corrected chi connectivity index (χ0v) is 8.82. The van der Waals surface area contributed by atoms with Crippen molar-refractivity contribution < 1.29 is 4.79 Å². The summed E-state index contributed by atoms with van der Waals surface area (Å²) < 4.78 is 0. The van der Waals surface area contributed by atoms with Crippen molar-refractivity contribution in [2.75, 3.05) is 11.1 Å². The maximum Gasteiger partial charge on any atom is 0.280 e. The normalized spacial score (nSPS) is 10.1. The van der Waals surface area contributed by atoms with Crippen LogP contribution < -0.4 is 11.1 Å². The number of benzene rings is 1. The van der Waals surface area contributed by atoms with Gasteiger partial charge in [-0.05, 0) is 18.2 Å². The van der Waals surface area contributed by atoms with Crippen LogP contribution in [0, 0.1) is 0 Å². The molecule has 0 atom stereocenters. The third-order valence-electron chi connectivity index (χ3n) is 1.87. The maximum atomic E-state index is 11.7. The molecule has 7 heteroatoms. The number of aromatic amines is 1. The Kier molecular flexibility index (Phi) is 2.74. The average molecular weight is 238 g/mol. The number of amides is 1. The Morgan fingerprint density at radius 3 is 2.88 bits per heavy atom. The summed E-state index contributed by atoms with van der Waals surface area (Å²) in [6.07, 6.45) is 0. The number of anilines is 2. The van der Waals surface area contributed by atoms with E-state index >= 15 is 0 Å². The van der Waals surface area contributed by atoms with Gasteiger partial charge in [0.25, 0.3) is 5.91 Å². The van der Waals surface area contributed by atoms with Crippen molar-refractivity contribution in [3.8, 4) is 0 Å². The number of hydrogen-bond acceptors (Lipinski definition) is 4. The van der Waals surface area contributed by atoms with Crippen molar-refractivity contribution in [2.45, 2.75) is 0 Å². The molecule has 2 rings (SSSR count). The molecule has 0 spiro atoms. The van der Waals surface area contributed by atoms with Gasteiger partial charge in [-0.3, -0.25) is 4.79 Å². The minimum Gasteiger partial charge on any atom is -0.380 e. The Hall–Kier alpha value is -2.08. The molecule has 16 heavy (non-hydrogen) atoms. The summed E-state index contributed by atoms with van der Waals surface area (Å²) in [4.78, 5) is 11.7. The molecule has 0 aliphatic rings. The Balaban J connectivity index is 2.17. The molecule has 0 saturated heterocycles. The molecule has 2 aromatic rings. The number of nitrogens with two attached hydrogens (primary N) is 1. The van der Waals surface area contributed by atoms with Crippen LogP contribution in [-0.2, 0) is 0 Å². The predicted octanol–water partition coefficient (Wildman–Crippen LogP) is 1.29. The van der Waals surface area contributed by atoms with E-state index in [1.165, 1.54) is 0 Å². The Morgan fingerprint density at radius 2 is 2.25 bits per heavy atom. The number of halogens is 1. The smallest absolute Gasteiger partial charge is 0.280 e. The van der Waals surface area contributed by atoms with Gasteiger partial charge in [0.2, 0.25) is 0 Å². The molecule has 0 aliphatic heterocycles. The largest absolute Gasteiger partial charge is 0.380 e. The zero-order chi connectivity index (χ0) is 11.5. The van der Waals surface area contributed by atoms with Gasteiger partial charge in [-0.2, -0.15) is 5.21 Å². The lowest BCUT2D eigenvalue weighted by molar-refractivity contribution is 0.102. The molecule has 0 radical (unpaired) electrons. The van der Waals surface area contributed by atoms with Crippen LogP contribution in [0.2, 0.25) is 5.02 Å². The van der Waals surface area contributed by atoms with Crippen molar-refractivity contribution in [1.29, 1.82) is 0 Å². The van der Waals surface area contributed by atoms with E-state index in [9.17, 15) is 4.79 Å². The van der Waals surface area contributed by atoms with Gasteiger partial charge in [-0.15, -0.1) is 10.2 Å². The van der Waals surface area contributed by atoms with Gasteiger partial charge >= 0.3 is 0 Å². The number of nitrogens with one attached hydrogen (secondary N) is 2. The van der Waals surface area contributed by atoms with Crippen LogP contribution in [0.5, 0.6) is 0 Å². The van der Waals surface area contributed by atoms with Crippen LogP contribution in [0.1, 0.15) is 10.5 Å². The van der Waals surface area contributed by atoms with E-state index in [4.69, 9.17) is 17.3 Å². The van der Waals surface area contributed by atoms with Gasteiger partial charge in [0.1, 0.15) is 0 Å². The van der Waals surface area contributed by atoms with Crippen molar-refractivity contribution in [2.24, 2.45) is 0 Å². The van der Waals surface area contributed by atoms with Crippen molar-refractivity contribution in [3.05, 3.63) is 35.0 Å². The number of rotatable bonds is 2. The first-order valence-corrected chi connectivity index (χ1v) is 4.78. The average Bonchev–Trinajstić information content (AvgIpc) is 2.64. The predicted molar refractivity (Wildman–Crippen MR) is 60.2 cm³/mol. The quantitative estimate of drug-likeness (QED) is 0.733. The summed E-state index contributed by atoms with van der Waals surface area (Å²) in [6.45, 7) is 0. The SMILES string of the molecule is Nc1n[nH]nc1C(=O)Nc1cccc(Cl)c1. The monoisotopic (exact) mass is 237 g/mol. The number of nitrogen functional groups attached to an aromatic ring is 1. The first-order chi connectivity index (χ1) is 7.66. The highest BCUT2D eigenvalue weighted by Gasteiger charge is 2.13. The molecular formula is C9H8ClN5O. The molecule has 0 fully saturated rings. The van der Waals surface area contributed by atoms with E-state index in [2.05, 4.69) is 20.7 Å². The fourth-order valence-electron chi connectivity index (χ4n) is 1.16. The second-order valence-corrected chi connectivity index (χ2v) is 3.46. The second kappa shape index (κ2) is 4.19. The van der Waals surface area contributed by atoms with E-state index in [-0.39, 0.29) is 11.5 Å². The van der Waals surface area contributed by atoms with Gasteiger partial charge in [-0.25, -0.2) is 0 Å². The first kappa shape index (κ1) is 10.4. The van der Waals surface area contributed by atoms with Crippen molar-refractivity contribution in [3.63, 3.8) is 0 Å². The number of nitrogens with zero attached hydrogens (tertiary/aromatic N) is 2. The molecule has 4 N–H and O–H groups in total. The third kappa shape index (κ3) is 2.12. The van der Waals surface area contributed by atoms with Crippen molar-refractivity contribution in [1.82, 2.24) is 15.4 Å². The lowest BCUT2D eigenvalue weighted by atomic mass is 10.3. The molecule has 1 aromatic carbocycles. The Morgan fingerprint density at radius 1 is 1.44 bits per heavy atom. The fourth-order valence-corrected chi connectivity index (χ4v) is 1.35. The number of carbonyl (C=O) groups excluding carboxylic acids is 1. The third-order valence-corrected chi connectivity index (χ3v) is 2.11. The summed E-state index contributed by atoms with van der Waals surface area (Å²) in [5, 5.41) is 12.6. The molecular weight excluding hydrogens is 230 g/mol. The van der Waals surface area contributed by atoms with Crippen LogP contribution in [0.4, 0.5) is 11.5 Å². The summed E-state index contributed by atoms with van der Waals surface area (Å²) in [5.41, 5.74) is 6.06.